The van der Waals surface area contributed by atoms with E-state index in [-0.39, 0.29) is 12.8 Å². The van der Waals surface area contributed by atoms with E-state index in [1.165, 1.54) is 0 Å². The SMILES string of the molecule is CC(C)=CC[C@@H](O)[C@]1(O)C(=O)C(C(=O)C(C)C)C(=O)[C@H]1CC=C(C)C. The Kier molecular flexibility index (Phi) is 7.03. The summed E-state index contributed by atoms with van der Waals surface area (Å²) in [6.07, 6.45) is 2.19. The third kappa shape index (κ3) is 4.33. The highest BCUT2D eigenvalue weighted by Crippen LogP contribution is 2.41. The Morgan fingerprint density at radius 3 is 2.08 bits per heavy atom. The Morgan fingerprint density at radius 2 is 1.64 bits per heavy atom. The normalized spacial score (nSPS) is 27.4. The number of ketones is 3. The van der Waals surface area contributed by atoms with E-state index in [0.717, 1.165) is 11.1 Å². The second kappa shape index (κ2) is 8.19. The van der Waals surface area contributed by atoms with E-state index < -0.39 is 46.8 Å². The molecule has 0 bridgehead atoms. The van der Waals surface area contributed by atoms with E-state index in [0.29, 0.717) is 0 Å². The first-order valence-electron chi connectivity index (χ1n) is 8.73. The molecule has 0 saturated heterocycles. The van der Waals surface area contributed by atoms with Crippen molar-refractivity contribution in [2.24, 2.45) is 17.8 Å². The summed E-state index contributed by atoms with van der Waals surface area (Å²) >= 11 is 0. The zero-order valence-electron chi connectivity index (χ0n) is 16.0. The number of carbonyl (C=O) groups is 3. The minimum atomic E-state index is -2.23. The molecule has 5 nitrogen and oxygen atoms in total. The summed E-state index contributed by atoms with van der Waals surface area (Å²) in [5, 5.41) is 21.6. The molecule has 0 aliphatic heterocycles. The maximum Gasteiger partial charge on any atom is 0.185 e. The molecule has 1 unspecified atom stereocenters. The molecule has 1 fully saturated rings. The zero-order chi connectivity index (χ0) is 19.5. The molecule has 25 heavy (non-hydrogen) atoms. The summed E-state index contributed by atoms with van der Waals surface area (Å²) in [5.74, 6) is -5.04. The van der Waals surface area contributed by atoms with Gasteiger partial charge in [0, 0.05) is 5.92 Å². The number of aliphatic hydroxyl groups is 2. The first kappa shape index (κ1) is 21.5. The Balaban J connectivity index is 3.34. The summed E-state index contributed by atoms with van der Waals surface area (Å²) in [6.45, 7) is 10.6. The van der Waals surface area contributed by atoms with Gasteiger partial charge in [-0.05, 0) is 40.5 Å². The van der Waals surface area contributed by atoms with E-state index in [2.05, 4.69) is 0 Å². The lowest BCUT2D eigenvalue weighted by atomic mass is 9.80. The summed E-state index contributed by atoms with van der Waals surface area (Å²) in [4.78, 5) is 38.0. The van der Waals surface area contributed by atoms with Gasteiger partial charge >= 0.3 is 0 Å². The second-order valence-corrected chi connectivity index (χ2v) is 7.68. The van der Waals surface area contributed by atoms with Crippen LogP contribution in [-0.2, 0) is 14.4 Å². The summed E-state index contributed by atoms with van der Waals surface area (Å²) in [6, 6.07) is 0. The van der Waals surface area contributed by atoms with Crippen LogP contribution in [0, 0.1) is 17.8 Å². The number of rotatable bonds is 7. The highest BCUT2D eigenvalue weighted by molar-refractivity contribution is 6.27. The van der Waals surface area contributed by atoms with Crippen LogP contribution in [0.15, 0.2) is 23.3 Å². The van der Waals surface area contributed by atoms with Gasteiger partial charge in [0.1, 0.15) is 5.92 Å². The van der Waals surface area contributed by atoms with Gasteiger partial charge in [-0.15, -0.1) is 0 Å². The topological polar surface area (TPSA) is 91.7 Å². The molecule has 5 heteroatoms. The zero-order valence-corrected chi connectivity index (χ0v) is 16.0. The van der Waals surface area contributed by atoms with Crippen molar-refractivity contribution in [1.29, 1.82) is 0 Å². The maximum absolute atomic E-state index is 12.8. The lowest BCUT2D eigenvalue weighted by Crippen LogP contribution is -2.52. The molecule has 4 atom stereocenters. The average molecular weight is 350 g/mol. The minimum absolute atomic E-state index is 0.0474. The lowest BCUT2D eigenvalue weighted by Gasteiger charge is -2.31. The van der Waals surface area contributed by atoms with Crippen LogP contribution in [0.5, 0.6) is 0 Å². The van der Waals surface area contributed by atoms with Gasteiger partial charge in [0.15, 0.2) is 23.0 Å². The van der Waals surface area contributed by atoms with Crippen LogP contribution in [0.2, 0.25) is 0 Å². The lowest BCUT2D eigenvalue weighted by molar-refractivity contribution is -0.155. The molecule has 0 aromatic carbocycles. The predicted octanol–water partition coefficient (Wildman–Crippen LogP) is 2.40. The second-order valence-electron chi connectivity index (χ2n) is 7.68. The molecule has 0 aromatic heterocycles. The Morgan fingerprint density at radius 1 is 1.12 bits per heavy atom. The Hall–Kier alpha value is -1.59. The molecule has 1 aliphatic rings. The van der Waals surface area contributed by atoms with Crippen molar-refractivity contribution < 1.29 is 24.6 Å². The van der Waals surface area contributed by atoms with Crippen LogP contribution in [-0.4, -0.2) is 39.3 Å². The molecule has 140 valence electrons. The number of hydrogen-bond acceptors (Lipinski definition) is 5. The number of Topliss-reactive ketones (excluding diaryl/α,β-unsaturated/α-hetero) is 3. The van der Waals surface area contributed by atoms with E-state index in [4.69, 9.17) is 0 Å². The van der Waals surface area contributed by atoms with Gasteiger partial charge in [-0.2, -0.15) is 0 Å². The van der Waals surface area contributed by atoms with Crippen LogP contribution < -0.4 is 0 Å². The van der Waals surface area contributed by atoms with Crippen molar-refractivity contribution in [2.75, 3.05) is 0 Å². The fraction of sp³-hybridized carbons (Fsp3) is 0.650. The predicted molar refractivity (Wildman–Crippen MR) is 95.9 cm³/mol. The largest absolute Gasteiger partial charge is 0.389 e. The monoisotopic (exact) mass is 350 g/mol. The average Bonchev–Trinajstić information content (AvgIpc) is 2.69. The smallest absolute Gasteiger partial charge is 0.185 e. The summed E-state index contributed by atoms with van der Waals surface area (Å²) in [5.41, 5.74) is -0.375. The molecule has 2 N–H and O–H groups in total. The van der Waals surface area contributed by atoms with Crippen LogP contribution >= 0.6 is 0 Å². The maximum atomic E-state index is 12.8. The van der Waals surface area contributed by atoms with Crippen molar-refractivity contribution >= 4 is 17.3 Å². The van der Waals surface area contributed by atoms with Crippen molar-refractivity contribution in [2.45, 2.75) is 66.1 Å². The van der Waals surface area contributed by atoms with Crippen molar-refractivity contribution in [3.63, 3.8) is 0 Å². The molecule has 0 radical (unpaired) electrons. The summed E-state index contributed by atoms with van der Waals surface area (Å²) < 4.78 is 0. The van der Waals surface area contributed by atoms with Gasteiger partial charge in [0.2, 0.25) is 0 Å². The van der Waals surface area contributed by atoms with Gasteiger partial charge in [-0.1, -0.05) is 37.1 Å². The molecular formula is C20H30O5. The molecule has 1 aliphatic carbocycles. The van der Waals surface area contributed by atoms with E-state index >= 15 is 0 Å². The Labute approximate surface area is 149 Å². The quantitative estimate of drug-likeness (QED) is 0.543. The number of allylic oxidation sites excluding steroid dienone is 3. The highest BCUT2D eigenvalue weighted by Gasteiger charge is 2.63. The minimum Gasteiger partial charge on any atom is -0.389 e. The first-order valence-corrected chi connectivity index (χ1v) is 8.73. The third-order valence-corrected chi connectivity index (χ3v) is 4.69. The molecule has 0 amide bonds. The fourth-order valence-corrected chi connectivity index (χ4v) is 3.13. The van der Waals surface area contributed by atoms with Crippen LogP contribution in [0.1, 0.15) is 54.4 Å². The molecule has 0 spiro atoms. The number of carbonyl (C=O) groups excluding carboxylic acids is 3. The number of hydrogen-bond donors (Lipinski definition) is 2. The van der Waals surface area contributed by atoms with Crippen molar-refractivity contribution in [1.82, 2.24) is 0 Å². The van der Waals surface area contributed by atoms with Crippen LogP contribution in [0.3, 0.4) is 0 Å². The van der Waals surface area contributed by atoms with Gasteiger partial charge in [-0.25, -0.2) is 0 Å². The van der Waals surface area contributed by atoms with E-state index in [1.54, 1.807) is 26.0 Å². The number of aliphatic hydroxyl groups excluding tert-OH is 1. The molecule has 0 heterocycles. The highest BCUT2D eigenvalue weighted by atomic mass is 16.4. The molecule has 0 aromatic rings. The van der Waals surface area contributed by atoms with Gasteiger partial charge < -0.3 is 10.2 Å². The van der Waals surface area contributed by atoms with Crippen LogP contribution in [0.25, 0.3) is 0 Å². The third-order valence-electron chi connectivity index (χ3n) is 4.69. The first-order chi connectivity index (χ1) is 11.4. The molecule has 1 rings (SSSR count). The van der Waals surface area contributed by atoms with Crippen molar-refractivity contribution in [3.05, 3.63) is 23.3 Å². The van der Waals surface area contributed by atoms with E-state index in [9.17, 15) is 24.6 Å². The fourth-order valence-electron chi connectivity index (χ4n) is 3.13. The molecule has 1 saturated carbocycles. The van der Waals surface area contributed by atoms with Gasteiger partial charge in [0.25, 0.3) is 0 Å². The van der Waals surface area contributed by atoms with Gasteiger partial charge in [0.05, 0.1) is 12.0 Å². The van der Waals surface area contributed by atoms with Crippen molar-refractivity contribution in [3.8, 4) is 0 Å². The summed E-state index contributed by atoms with van der Waals surface area (Å²) in [7, 11) is 0. The van der Waals surface area contributed by atoms with E-state index in [1.807, 2.05) is 27.7 Å². The molecular weight excluding hydrogens is 320 g/mol. The standard InChI is InChI=1S/C20H30O5/c1-11(2)7-9-14-18(23)16(17(22)13(5)6)19(24)20(14,25)15(21)10-8-12(3)4/h7-8,13-16,21,25H,9-10H2,1-6H3/t14-,15-,16?,20+/m1/s1. The Bertz CT molecular complexity index is 606. The van der Waals surface area contributed by atoms with Gasteiger partial charge in [-0.3, -0.25) is 14.4 Å². The van der Waals surface area contributed by atoms with Crippen LogP contribution in [0.4, 0.5) is 0 Å².